The Morgan fingerprint density at radius 3 is 3.05 bits per heavy atom. The van der Waals surface area contributed by atoms with Gasteiger partial charge in [-0.1, -0.05) is 6.42 Å². The molecule has 0 radical (unpaired) electrons. The Morgan fingerprint density at radius 1 is 1.32 bits per heavy atom. The zero-order valence-electron chi connectivity index (χ0n) is 12.1. The Labute approximate surface area is 116 Å². The van der Waals surface area contributed by atoms with Gasteiger partial charge in [0.05, 0.1) is 19.3 Å². The number of carbonyl (C=O) groups excluding carboxylic acids is 1. The van der Waals surface area contributed by atoms with E-state index in [4.69, 9.17) is 9.47 Å². The summed E-state index contributed by atoms with van der Waals surface area (Å²) in [5.74, 6) is -0.0512. The van der Waals surface area contributed by atoms with Gasteiger partial charge in [-0.15, -0.1) is 0 Å². The molecule has 1 heterocycles. The zero-order chi connectivity index (χ0) is 13.5. The molecule has 0 amide bonds. The van der Waals surface area contributed by atoms with Crippen molar-refractivity contribution in [3.8, 4) is 0 Å². The number of unbranched alkanes of at least 4 members (excludes halogenated alkanes) is 2. The molecule has 1 saturated carbocycles. The minimum absolute atomic E-state index is 0.0512. The number of ether oxygens (including phenoxy) is 2. The largest absolute Gasteiger partial charge is 0.466 e. The molecule has 1 aliphatic carbocycles. The third kappa shape index (κ3) is 4.46. The molecular weight excluding hydrogens is 242 g/mol. The van der Waals surface area contributed by atoms with Crippen molar-refractivity contribution in [2.24, 2.45) is 0 Å². The maximum Gasteiger partial charge on any atom is 0.305 e. The van der Waals surface area contributed by atoms with Crippen molar-refractivity contribution in [1.29, 1.82) is 0 Å². The summed E-state index contributed by atoms with van der Waals surface area (Å²) >= 11 is 0. The average Bonchev–Trinajstić information content (AvgIpc) is 2.87. The van der Waals surface area contributed by atoms with Crippen LogP contribution in [0.4, 0.5) is 0 Å². The first-order chi connectivity index (χ1) is 9.31. The molecule has 0 aromatic heterocycles. The maximum atomic E-state index is 11.2. The molecule has 2 atom stereocenters. The van der Waals surface area contributed by atoms with Gasteiger partial charge in [-0.3, -0.25) is 9.69 Å². The molecule has 1 saturated heterocycles. The van der Waals surface area contributed by atoms with E-state index in [1.165, 1.54) is 25.7 Å². The molecule has 0 N–H and O–H groups in total. The van der Waals surface area contributed by atoms with Crippen LogP contribution < -0.4 is 0 Å². The predicted molar refractivity (Wildman–Crippen MR) is 74.1 cm³/mol. The second-order valence-electron chi connectivity index (χ2n) is 5.56. The standard InChI is InChI=1S/C15H27NO3/c1-2-18-15(17)9-4-3-5-10-16-11-12-19-14-8-6-7-13(14)16/h13-14H,2-12H2,1H3. The fourth-order valence-electron chi connectivity index (χ4n) is 3.28. The predicted octanol–water partition coefficient (Wildman–Crippen LogP) is 2.36. The van der Waals surface area contributed by atoms with Crippen molar-refractivity contribution in [3.05, 3.63) is 0 Å². The molecule has 110 valence electrons. The molecule has 1 aliphatic heterocycles. The summed E-state index contributed by atoms with van der Waals surface area (Å²) in [5, 5.41) is 0. The van der Waals surface area contributed by atoms with Crippen molar-refractivity contribution in [2.75, 3.05) is 26.3 Å². The molecule has 0 spiro atoms. The first-order valence-corrected chi connectivity index (χ1v) is 7.82. The second kappa shape index (κ2) is 7.85. The van der Waals surface area contributed by atoms with Gasteiger partial charge in [-0.2, -0.15) is 0 Å². The Kier molecular flexibility index (Phi) is 6.11. The first kappa shape index (κ1) is 14.8. The van der Waals surface area contributed by atoms with E-state index in [1.54, 1.807) is 0 Å². The number of hydrogen-bond acceptors (Lipinski definition) is 4. The van der Waals surface area contributed by atoms with Crippen LogP contribution in [0.1, 0.15) is 51.9 Å². The van der Waals surface area contributed by atoms with E-state index in [0.717, 1.165) is 32.5 Å². The van der Waals surface area contributed by atoms with Crippen LogP contribution in [0.25, 0.3) is 0 Å². The third-order valence-corrected chi connectivity index (χ3v) is 4.23. The second-order valence-corrected chi connectivity index (χ2v) is 5.56. The van der Waals surface area contributed by atoms with Crippen LogP contribution in [0, 0.1) is 0 Å². The van der Waals surface area contributed by atoms with Crippen LogP contribution in [0.3, 0.4) is 0 Å². The number of morpholine rings is 1. The van der Waals surface area contributed by atoms with E-state index >= 15 is 0 Å². The highest BCUT2D eigenvalue weighted by Gasteiger charge is 2.35. The van der Waals surface area contributed by atoms with Crippen LogP contribution in [-0.4, -0.2) is 49.3 Å². The number of fused-ring (bicyclic) bond motifs is 1. The molecule has 2 unspecified atom stereocenters. The minimum Gasteiger partial charge on any atom is -0.466 e. The fraction of sp³-hybridized carbons (Fsp3) is 0.933. The average molecular weight is 269 g/mol. The first-order valence-electron chi connectivity index (χ1n) is 7.82. The summed E-state index contributed by atoms with van der Waals surface area (Å²) in [7, 11) is 0. The quantitative estimate of drug-likeness (QED) is 0.525. The van der Waals surface area contributed by atoms with Crippen LogP contribution in [0.15, 0.2) is 0 Å². The van der Waals surface area contributed by atoms with Crippen LogP contribution in [0.2, 0.25) is 0 Å². The Morgan fingerprint density at radius 2 is 2.21 bits per heavy atom. The van der Waals surface area contributed by atoms with Crippen molar-refractivity contribution >= 4 is 5.97 Å². The highest BCUT2D eigenvalue weighted by Crippen LogP contribution is 2.29. The minimum atomic E-state index is -0.0512. The van der Waals surface area contributed by atoms with Gasteiger partial charge in [-0.05, 0) is 45.6 Å². The van der Waals surface area contributed by atoms with Crippen molar-refractivity contribution in [1.82, 2.24) is 4.90 Å². The molecular formula is C15H27NO3. The highest BCUT2D eigenvalue weighted by atomic mass is 16.5. The van der Waals surface area contributed by atoms with Gasteiger partial charge in [0.15, 0.2) is 0 Å². The van der Waals surface area contributed by atoms with Crippen molar-refractivity contribution in [2.45, 2.75) is 64.0 Å². The number of rotatable bonds is 7. The van der Waals surface area contributed by atoms with Gasteiger partial charge in [-0.25, -0.2) is 0 Å². The van der Waals surface area contributed by atoms with E-state index < -0.39 is 0 Å². The molecule has 4 nitrogen and oxygen atoms in total. The summed E-state index contributed by atoms with van der Waals surface area (Å²) in [4.78, 5) is 13.8. The molecule has 0 aromatic carbocycles. The lowest BCUT2D eigenvalue weighted by atomic mass is 10.1. The normalized spacial score (nSPS) is 27.2. The number of hydrogen-bond donors (Lipinski definition) is 0. The summed E-state index contributed by atoms with van der Waals surface area (Å²) in [6.07, 6.45) is 8.18. The maximum absolute atomic E-state index is 11.2. The summed E-state index contributed by atoms with van der Waals surface area (Å²) < 4.78 is 10.7. The summed E-state index contributed by atoms with van der Waals surface area (Å²) in [5.41, 5.74) is 0. The smallest absolute Gasteiger partial charge is 0.305 e. The monoisotopic (exact) mass is 269 g/mol. The van der Waals surface area contributed by atoms with Crippen molar-refractivity contribution in [3.63, 3.8) is 0 Å². The van der Waals surface area contributed by atoms with Gasteiger partial charge < -0.3 is 9.47 Å². The lowest BCUT2D eigenvalue weighted by Crippen LogP contribution is -2.48. The zero-order valence-corrected chi connectivity index (χ0v) is 12.1. The van der Waals surface area contributed by atoms with E-state index in [9.17, 15) is 4.79 Å². The van der Waals surface area contributed by atoms with Gasteiger partial charge in [0, 0.05) is 19.0 Å². The number of esters is 1. The molecule has 2 rings (SSSR count). The van der Waals surface area contributed by atoms with Gasteiger partial charge in [0.25, 0.3) is 0 Å². The van der Waals surface area contributed by atoms with Crippen LogP contribution in [0.5, 0.6) is 0 Å². The van der Waals surface area contributed by atoms with Gasteiger partial charge >= 0.3 is 5.97 Å². The highest BCUT2D eigenvalue weighted by molar-refractivity contribution is 5.69. The lowest BCUT2D eigenvalue weighted by Gasteiger charge is -2.37. The molecule has 2 aliphatic rings. The topological polar surface area (TPSA) is 38.8 Å². The molecule has 0 bridgehead atoms. The van der Waals surface area contributed by atoms with E-state index in [2.05, 4.69) is 4.90 Å². The Hall–Kier alpha value is -0.610. The van der Waals surface area contributed by atoms with E-state index in [-0.39, 0.29) is 5.97 Å². The number of carbonyl (C=O) groups is 1. The SMILES string of the molecule is CCOC(=O)CCCCCN1CCOC2CCCC21. The van der Waals surface area contributed by atoms with Gasteiger partial charge in [0.1, 0.15) is 0 Å². The van der Waals surface area contributed by atoms with E-state index in [0.29, 0.717) is 25.2 Å². The van der Waals surface area contributed by atoms with Crippen molar-refractivity contribution < 1.29 is 14.3 Å². The van der Waals surface area contributed by atoms with Gasteiger partial charge in [0.2, 0.25) is 0 Å². The molecule has 0 aromatic rings. The summed E-state index contributed by atoms with van der Waals surface area (Å²) in [6, 6.07) is 0.666. The Bertz CT molecular complexity index is 283. The van der Waals surface area contributed by atoms with Crippen LogP contribution in [-0.2, 0) is 14.3 Å². The van der Waals surface area contributed by atoms with Crippen LogP contribution >= 0.6 is 0 Å². The summed E-state index contributed by atoms with van der Waals surface area (Å²) in [6.45, 7) is 5.49. The Balaban J connectivity index is 1.56. The molecule has 19 heavy (non-hydrogen) atoms. The third-order valence-electron chi connectivity index (χ3n) is 4.23. The lowest BCUT2D eigenvalue weighted by molar-refractivity contribution is -0.143. The molecule has 2 fully saturated rings. The number of nitrogens with zero attached hydrogens (tertiary/aromatic N) is 1. The fourth-order valence-corrected chi connectivity index (χ4v) is 3.28. The van der Waals surface area contributed by atoms with E-state index in [1.807, 2.05) is 6.92 Å². The molecule has 4 heteroatoms.